The lowest BCUT2D eigenvalue weighted by atomic mass is 9.95. The van der Waals surface area contributed by atoms with Crippen molar-refractivity contribution in [2.24, 2.45) is 0 Å². The molecule has 2 aromatic heterocycles. The molecule has 1 aliphatic rings. The molecule has 1 aromatic carbocycles. The number of aromatic nitrogens is 2. The van der Waals surface area contributed by atoms with Crippen LogP contribution < -0.4 is 5.32 Å². The second-order valence-electron chi connectivity index (χ2n) is 6.59. The molecule has 0 atom stereocenters. The molecule has 4 nitrogen and oxygen atoms in total. The van der Waals surface area contributed by atoms with Gasteiger partial charge in [0.2, 0.25) is 5.95 Å². The largest absolute Gasteiger partial charge is 0.370 e. The van der Waals surface area contributed by atoms with E-state index in [0.29, 0.717) is 24.3 Å². The van der Waals surface area contributed by atoms with Crippen LogP contribution in [0.3, 0.4) is 0 Å². The summed E-state index contributed by atoms with van der Waals surface area (Å²) in [6.07, 6.45) is 0.836. The number of nitrogens with zero attached hydrogens (tertiary/aromatic N) is 2. The van der Waals surface area contributed by atoms with Crippen molar-refractivity contribution in [1.29, 1.82) is 0 Å². The van der Waals surface area contributed by atoms with Crippen LogP contribution in [0.15, 0.2) is 30.3 Å². The fourth-order valence-electron chi connectivity index (χ4n) is 2.96. The highest BCUT2D eigenvalue weighted by molar-refractivity contribution is 7.19. The summed E-state index contributed by atoms with van der Waals surface area (Å²) in [5, 5.41) is 4.76. The van der Waals surface area contributed by atoms with E-state index in [1.807, 2.05) is 18.2 Å². The molecule has 0 radical (unpaired) electrons. The third-order valence-electron chi connectivity index (χ3n) is 4.18. The summed E-state index contributed by atoms with van der Waals surface area (Å²) in [5.74, 6) is 0.565. The van der Waals surface area contributed by atoms with Crippen LogP contribution >= 0.6 is 22.9 Å². The Morgan fingerprint density at radius 3 is 2.83 bits per heavy atom. The van der Waals surface area contributed by atoms with Crippen molar-refractivity contribution in [2.75, 3.05) is 5.32 Å². The van der Waals surface area contributed by atoms with E-state index in [2.05, 4.69) is 41.3 Å². The van der Waals surface area contributed by atoms with Crippen molar-refractivity contribution in [2.45, 2.75) is 39.0 Å². The number of fused-ring (bicyclic) bond motifs is 3. The average molecular weight is 360 g/mol. The fourth-order valence-corrected chi connectivity index (χ4v) is 4.40. The molecule has 3 aromatic rings. The second kappa shape index (κ2) is 5.99. The first-order chi connectivity index (χ1) is 11.5. The fraction of sp³-hybridized carbons (Fsp3) is 0.333. The summed E-state index contributed by atoms with van der Waals surface area (Å²) in [6.45, 7) is 5.49. The normalized spacial score (nSPS) is 16.1. The smallest absolute Gasteiger partial charge is 0.225 e. The van der Waals surface area contributed by atoms with E-state index in [4.69, 9.17) is 16.3 Å². The van der Waals surface area contributed by atoms with Crippen LogP contribution in [0.25, 0.3) is 10.2 Å². The minimum Gasteiger partial charge on any atom is -0.370 e. The number of ether oxygens (including phenoxy) is 1. The van der Waals surface area contributed by atoms with E-state index in [-0.39, 0.29) is 5.60 Å². The highest BCUT2D eigenvalue weighted by Crippen LogP contribution is 2.40. The van der Waals surface area contributed by atoms with Gasteiger partial charge in [-0.15, -0.1) is 11.3 Å². The lowest BCUT2D eigenvalue weighted by Crippen LogP contribution is -2.30. The van der Waals surface area contributed by atoms with Gasteiger partial charge in [0.05, 0.1) is 17.6 Å². The van der Waals surface area contributed by atoms with E-state index in [1.165, 1.54) is 16.0 Å². The number of halogens is 1. The number of thiophene rings is 1. The standard InChI is InChI=1S/C18H18ClN3OS/c1-18(2)8-12-13(10-23-18)24-16-14(12)15(19)21-17(22-16)20-9-11-6-4-3-5-7-11/h3-7H,8-10H2,1-2H3,(H,20,21,22). The Hall–Kier alpha value is -1.69. The molecule has 124 valence electrons. The van der Waals surface area contributed by atoms with Crippen molar-refractivity contribution in [3.63, 3.8) is 0 Å². The van der Waals surface area contributed by atoms with E-state index in [9.17, 15) is 0 Å². The summed E-state index contributed by atoms with van der Waals surface area (Å²) in [5.41, 5.74) is 2.25. The van der Waals surface area contributed by atoms with Gasteiger partial charge in [-0.1, -0.05) is 41.9 Å². The summed E-state index contributed by atoms with van der Waals surface area (Å²) < 4.78 is 5.90. The first-order valence-electron chi connectivity index (χ1n) is 7.91. The monoisotopic (exact) mass is 359 g/mol. The second-order valence-corrected chi connectivity index (χ2v) is 8.03. The number of anilines is 1. The predicted molar refractivity (Wildman–Crippen MR) is 98.8 cm³/mol. The van der Waals surface area contributed by atoms with Gasteiger partial charge in [-0.2, -0.15) is 0 Å². The summed E-state index contributed by atoms with van der Waals surface area (Å²) >= 11 is 8.14. The molecular formula is C18H18ClN3OS. The first kappa shape index (κ1) is 15.8. The van der Waals surface area contributed by atoms with Crippen LogP contribution in [0.4, 0.5) is 5.95 Å². The minimum atomic E-state index is -0.172. The van der Waals surface area contributed by atoms with Crippen molar-refractivity contribution in [3.8, 4) is 0 Å². The third-order valence-corrected chi connectivity index (χ3v) is 5.55. The molecule has 3 heterocycles. The SMILES string of the molecule is CC1(C)Cc2c(sc3nc(NCc4ccccc4)nc(Cl)c23)CO1. The maximum absolute atomic E-state index is 6.49. The Balaban J connectivity index is 1.66. The van der Waals surface area contributed by atoms with Crippen molar-refractivity contribution >= 4 is 39.1 Å². The Bertz CT molecular complexity index is 892. The van der Waals surface area contributed by atoms with Gasteiger partial charge in [0.25, 0.3) is 0 Å². The van der Waals surface area contributed by atoms with Crippen LogP contribution in [-0.2, 0) is 24.3 Å². The number of hydrogen-bond acceptors (Lipinski definition) is 5. The molecule has 0 unspecified atom stereocenters. The van der Waals surface area contributed by atoms with Crippen molar-refractivity contribution < 1.29 is 4.74 Å². The molecule has 0 spiro atoms. The molecule has 1 N–H and O–H groups in total. The maximum atomic E-state index is 6.49. The van der Waals surface area contributed by atoms with Gasteiger partial charge in [0, 0.05) is 17.8 Å². The molecule has 24 heavy (non-hydrogen) atoms. The van der Waals surface area contributed by atoms with Crippen LogP contribution in [0, 0.1) is 0 Å². The summed E-state index contributed by atoms with van der Waals surface area (Å²) in [7, 11) is 0. The first-order valence-corrected chi connectivity index (χ1v) is 9.11. The van der Waals surface area contributed by atoms with E-state index < -0.39 is 0 Å². The van der Waals surface area contributed by atoms with Crippen LogP contribution in [0.1, 0.15) is 29.9 Å². The van der Waals surface area contributed by atoms with Crippen LogP contribution in [0.2, 0.25) is 5.15 Å². The Labute approximate surface area is 149 Å². The van der Waals surface area contributed by atoms with Gasteiger partial charge in [-0.25, -0.2) is 9.97 Å². The quantitative estimate of drug-likeness (QED) is 0.682. The zero-order valence-electron chi connectivity index (χ0n) is 13.6. The number of nitrogens with one attached hydrogen (secondary N) is 1. The van der Waals surface area contributed by atoms with E-state index in [1.54, 1.807) is 11.3 Å². The zero-order chi connectivity index (χ0) is 16.7. The van der Waals surface area contributed by atoms with Crippen molar-refractivity contribution in [1.82, 2.24) is 9.97 Å². The number of benzene rings is 1. The predicted octanol–water partition coefficient (Wildman–Crippen LogP) is 4.81. The Kier molecular flexibility index (Phi) is 3.95. The summed E-state index contributed by atoms with van der Waals surface area (Å²) in [4.78, 5) is 11.3. The molecule has 0 bridgehead atoms. The topological polar surface area (TPSA) is 47.0 Å². The molecule has 4 rings (SSSR count). The van der Waals surface area contributed by atoms with Gasteiger partial charge < -0.3 is 10.1 Å². The van der Waals surface area contributed by atoms with Gasteiger partial charge in [0.1, 0.15) is 9.98 Å². The molecule has 0 fully saturated rings. The third kappa shape index (κ3) is 2.99. The molecule has 0 aliphatic carbocycles. The molecule has 6 heteroatoms. The minimum absolute atomic E-state index is 0.172. The van der Waals surface area contributed by atoms with Crippen LogP contribution in [-0.4, -0.2) is 15.6 Å². The summed E-state index contributed by atoms with van der Waals surface area (Å²) in [6, 6.07) is 10.2. The lowest BCUT2D eigenvalue weighted by molar-refractivity contribution is -0.0379. The van der Waals surface area contributed by atoms with Gasteiger partial charge in [0.15, 0.2) is 0 Å². The van der Waals surface area contributed by atoms with Crippen LogP contribution in [0.5, 0.6) is 0 Å². The van der Waals surface area contributed by atoms with E-state index in [0.717, 1.165) is 16.6 Å². The Morgan fingerprint density at radius 2 is 2.04 bits per heavy atom. The van der Waals surface area contributed by atoms with Gasteiger partial charge >= 0.3 is 0 Å². The molecule has 0 amide bonds. The van der Waals surface area contributed by atoms with Gasteiger partial charge in [-0.05, 0) is 25.0 Å². The maximum Gasteiger partial charge on any atom is 0.225 e. The molecule has 0 saturated carbocycles. The lowest BCUT2D eigenvalue weighted by Gasteiger charge is -2.30. The number of rotatable bonds is 3. The number of hydrogen-bond donors (Lipinski definition) is 1. The highest BCUT2D eigenvalue weighted by Gasteiger charge is 2.30. The average Bonchev–Trinajstić information content (AvgIpc) is 2.91. The zero-order valence-corrected chi connectivity index (χ0v) is 15.2. The highest BCUT2D eigenvalue weighted by atomic mass is 35.5. The molecular weight excluding hydrogens is 342 g/mol. The van der Waals surface area contributed by atoms with Crippen molar-refractivity contribution in [3.05, 3.63) is 51.5 Å². The molecule has 1 aliphatic heterocycles. The van der Waals surface area contributed by atoms with Gasteiger partial charge in [-0.3, -0.25) is 0 Å². The molecule has 0 saturated heterocycles. The van der Waals surface area contributed by atoms with E-state index >= 15 is 0 Å². The Morgan fingerprint density at radius 1 is 1.25 bits per heavy atom.